The van der Waals surface area contributed by atoms with Crippen LogP contribution in [0.4, 0.5) is 0 Å². The number of carbonyl (C=O) groups excluding carboxylic acids is 1. The fourth-order valence-electron chi connectivity index (χ4n) is 2.75. The van der Waals surface area contributed by atoms with E-state index in [1.807, 2.05) is 20.8 Å². The maximum Gasteiger partial charge on any atom is 0.339 e. The highest BCUT2D eigenvalue weighted by molar-refractivity contribution is 5.87. The molecule has 5 heteroatoms. The number of hydrogen-bond acceptors (Lipinski definition) is 4. The van der Waals surface area contributed by atoms with Crippen LogP contribution >= 0.6 is 0 Å². The number of carboxylic acids is 1. The van der Waals surface area contributed by atoms with Gasteiger partial charge in [-0.05, 0) is 20.3 Å². The van der Waals surface area contributed by atoms with Gasteiger partial charge in [0.15, 0.2) is 5.60 Å². The first-order chi connectivity index (χ1) is 7.30. The smallest absolute Gasteiger partial charge is 0.339 e. The Kier molecular flexibility index (Phi) is 3.28. The SMILES string of the molecule is CCC1C(C)(C)OC1(CC(=O)O)C(=O)OC. The van der Waals surface area contributed by atoms with Crippen LogP contribution in [0.1, 0.15) is 33.6 Å². The zero-order valence-electron chi connectivity index (χ0n) is 10.1. The Morgan fingerprint density at radius 1 is 1.44 bits per heavy atom. The molecule has 1 aliphatic heterocycles. The van der Waals surface area contributed by atoms with E-state index in [9.17, 15) is 9.59 Å². The molecule has 2 atom stereocenters. The summed E-state index contributed by atoms with van der Waals surface area (Å²) < 4.78 is 10.2. The average Bonchev–Trinajstić information content (AvgIpc) is 2.13. The van der Waals surface area contributed by atoms with Crippen LogP contribution in [0.5, 0.6) is 0 Å². The van der Waals surface area contributed by atoms with Gasteiger partial charge in [-0.3, -0.25) is 4.79 Å². The molecule has 1 saturated heterocycles. The molecule has 1 N–H and O–H groups in total. The quantitative estimate of drug-likeness (QED) is 0.735. The minimum atomic E-state index is -1.31. The van der Waals surface area contributed by atoms with E-state index in [4.69, 9.17) is 9.84 Å². The monoisotopic (exact) mass is 230 g/mol. The van der Waals surface area contributed by atoms with Gasteiger partial charge < -0.3 is 14.6 Å². The van der Waals surface area contributed by atoms with Gasteiger partial charge in [-0.25, -0.2) is 4.79 Å². The summed E-state index contributed by atoms with van der Waals surface area (Å²) in [5, 5.41) is 8.85. The molecule has 0 aliphatic carbocycles. The zero-order valence-corrected chi connectivity index (χ0v) is 10.1. The minimum absolute atomic E-state index is 0.136. The van der Waals surface area contributed by atoms with Crippen LogP contribution in [0.3, 0.4) is 0 Å². The first-order valence-electron chi connectivity index (χ1n) is 5.30. The third kappa shape index (κ3) is 1.80. The van der Waals surface area contributed by atoms with Crippen LogP contribution in [-0.2, 0) is 19.1 Å². The minimum Gasteiger partial charge on any atom is -0.481 e. The fraction of sp³-hybridized carbons (Fsp3) is 0.818. The second-order valence-electron chi connectivity index (χ2n) is 4.62. The highest BCUT2D eigenvalue weighted by Crippen LogP contribution is 2.51. The summed E-state index contributed by atoms with van der Waals surface area (Å²) in [7, 11) is 1.24. The van der Waals surface area contributed by atoms with E-state index in [0.717, 1.165) is 0 Å². The molecule has 5 nitrogen and oxygen atoms in total. The number of ether oxygens (including phenoxy) is 2. The van der Waals surface area contributed by atoms with Crippen molar-refractivity contribution < 1.29 is 24.2 Å². The van der Waals surface area contributed by atoms with Crippen LogP contribution in [0, 0.1) is 5.92 Å². The second-order valence-corrected chi connectivity index (χ2v) is 4.62. The third-order valence-corrected chi connectivity index (χ3v) is 3.20. The molecule has 0 amide bonds. The molecule has 2 unspecified atom stereocenters. The maximum atomic E-state index is 11.7. The van der Waals surface area contributed by atoms with Gasteiger partial charge >= 0.3 is 11.9 Å². The Bertz CT molecular complexity index is 309. The lowest BCUT2D eigenvalue weighted by molar-refractivity contribution is -0.305. The van der Waals surface area contributed by atoms with Gasteiger partial charge in [0, 0.05) is 5.92 Å². The third-order valence-electron chi connectivity index (χ3n) is 3.20. The lowest BCUT2D eigenvalue weighted by Crippen LogP contribution is -2.70. The van der Waals surface area contributed by atoms with E-state index < -0.39 is 23.1 Å². The molecule has 0 aromatic heterocycles. The van der Waals surface area contributed by atoms with Crippen LogP contribution in [0.2, 0.25) is 0 Å². The van der Waals surface area contributed by atoms with Crippen molar-refractivity contribution >= 4 is 11.9 Å². The van der Waals surface area contributed by atoms with Gasteiger partial charge in [-0.1, -0.05) is 6.92 Å². The van der Waals surface area contributed by atoms with Gasteiger partial charge in [-0.15, -0.1) is 0 Å². The molecule has 92 valence electrons. The number of aliphatic carboxylic acids is 1. The Balaban J connectivity index is 2.99. The van der Waals surface area contributed by atoms with Crippen molar-refractivity contribution in [2.75, 3.05) is 7.11 Å². The van der Waals surface area contributed by atoms with E-state index in [0.29, 0.717) is 6.42 Å². The van der Waals surface area contributed by atoms with Crippen LogP contribution in [-0.4, -0.2) is 35.4 Å². The summed E-state index contributed by atoms with van der Waals surface area (Å²) >= 11 is 0. The molecule has 0 aromatic rings. The second kappa shape index (κ2) is 4.05. The molecule has 0 spiro atoms. The summed E-state index contributed by atoms with van der Waals surface area (Å²) in [6.07, 6.45) is 0.330. The first-order valence-corrected chi connectivity index (χ1v) is 5.30. The van der Waals surface area contributed by atoms with Gasteiger partial charge in [0.2, 0.25) is 0 Å². The molecule has 1 heterocycles. The summed E-state index contributed by atoms with van der Waals surface area (Å²) in [5.74, 6) is -1.79. The Labute approximate surface area is 94.7 Å². The van der Waals surface area contributed by atoms with Gasteiger partial charge in [0.05, 0.1) is 19.1 Å². The van der Waals surface area contributed by atoms with Crippen molar-refractivity contribution in [3.8, 4) is 0 Å². The van der Waals surface area contributed by atoms with Crippen molar-refractivity contribution in [1.29, 1.82) is 0 Å². The lowest BCUT2D eigenvalue weighted by Gasteiger charge is -2.57. The van der Waals surface area contributed by atoms with Crippen LogP contribution in [0.15, 0.2) is 0 Å². The molecule has 0 saturated carbocycles. The Hall–Kier alpha value is -1.10. The van der Waals surface area contributed by atoms with Crippen LogP contribution < -0.4 is 0 Å². The summed E-state index contributed by atoms with van der Waals surface area (Å²) in [6, 6.07) is 0. The summed E-state index contributed by atoms with van der Waals surface area (Å²) in [4.78, 5) is 22.5. The molecule has 0 aromatic carbocycles. The molecular weight excluding hydrogens is 212 g/mol. The van der Waals surface area contributed by atoms with E-state index in [1.54, 1.807) is 0 Å². The first kappa shape index (κ1) is 13.0. The van der Waals surface area contributed by atoms with Crippen molar-refractivity contribution in [3.05, 3.63) is 0 Å². The number of carbonyl (C=O) groups is 2. The molecule has 1 rings (SSSR count). The zero-order chi connectivity index (χ0) is 12.6. The van der Waals surface area contributed by atoms with E-state index >= 15 is 0 Å². The van der Waals surface area contributed by atoms with Crippen molar-refractivity contribution in [2.24, 2.45) is 5.92 Å². The Morgan fingerprint density at radius 3 is 2.31 bits per heavy atom. The molecule has 0 bridgehead atoms. The fourth-order valence-corrected chi connectivity index (χ4v) is 2.75. The predicted molar refractivity (Wildman–Crippen MR) is 55.9 cm³/mol. The van der Waals surface area contributed by atoms with Gasteiger partial charge in [-0.2, -0.15) is 0 Å². The van der Waals surface area contributed by atoms with E-state index in [1.165, 1.54) is 7.11 Å². The van der Waals surface area contributed by atoms with E-state index in [-0.39, 0.29) is 12.3 Å². The number of hydrogen-bond donors (Lipinski definition) is 1. The highest BCUT2D eigenvalue weighted by Gasteiger charge is 2.65. The summed E-state index contributed by atoms with van der Waals surface area (Å²) in [5.41, 5.74) is -1.78. The number of rotatable bonds is 4. The van der Waals surface area contributed by atoms with Crippen molar-refractivity contribution in [1.82, 2.24) is 0 Å². The number of esters is 1. The number of carboxylic acid groups (broad SMARTS) is 1. The number of methoxy groups -OCH3 is 1. The predicted octanol–water partition coefficient (Wildman–Crippen LogP) is 1.21. The Morgan fingerprint density at radius 2 is 2.00 bits per heavy atom. The maximum absolute atomic E-state index is 11.7. The van der Waals surface area contributed by atoms with Crippen molar-refractivity contribution in [2.45, 2.75) is 44.8 Å². The topological polar surface area (TPSA) is 72.8 Å². The average molecular weight is 230 g/mol. The molecule has 1 fully saturated rings. The molecule has 1 aliphatic rings. The lowest BCUT2D eigenvalue weighted by atomic mass is 9.67. The van der Waals surface area contributed by atoms with Crippen molar-refractivity contribution in [3.63, 3.8) is 0 Å². The normalized spacial score (nSPS) is 31.6. The summed E-state index contributed by atoms with van der Waals surface area (Å²) in [6.45, 7) is 5.61. The van der Waals surface area contributed by atoms with Gasteiger partial charge in [0.1, 0.15) is 0 Å². The van der Waals surface area contributed by atoms with Gasteiger partial charge in [0.25, 0.3) is 0 Å². The highest BCUT2D eigenvalue weighted by atomic mass is 16.6. The largest absolute Gasteiger partial charge is 0.481 e. The molecule has 0 radical (unpaired) electrons. The standard InChI is InChI=1S/C11H18O5/c1-5-7-10(2,3)16-11(7,6-8(12)13)9(14)15-4/h7H,5-6H2,1-4H3,(H,12,13). The van der Waals surface area contributed by atoms with E-state index in [2.05, 4.69) is 4.74 Å². The molecule has 16 heavy (non-hydrogen) atoms. The van der Waals surface area contributed by atoms with Crippen LogP contribution in [0.25, 0.3) is 0 Å². The molecular formula is C11H18O5.